The van der Waals surface area contributed by atoms with Gasteiger partial charge in [-0.25, -0.2) is 5.84 Å². The number of aromatic nitrogens is 4. The van der Waals surface area contributed by atoms with Crippen LogP contribution in [0.2, 0.25) is 0 Å². The maximum Gasteiger partial charge on any atom is 0.193 e. The molecule has 1 aromatic rings. The molecule has 0 unspecified atom stereocenters. The highest BCUT2D eigenvalue weighted by atomic mass is 15.5. The average Bonchev–Trinajstić information content (AvgIpc) is 2.67. The summed E-state index contributed by atoms with van der Waals surface area (Å²) < 4.78 is 0. The zero-order chi connectivity index (χ0) is 10.4. The molecule has 1 rings (SSSR count). The summed E-state index contributed by atoms with van der Waals surface area (Å²) in [5, 5.41) is 17.4. The van der Waals surface area contributed by atoms with Gasteiger partial charge in [0.2, 0.25) is 0 Å². The van der Waals surface area contributed by atoms with Gasteiger partial charge in [-0.05, 0) is 0 Å². The predicted molar refractivity (Wildman–Crippen MR) is 49.9 cm³/mol. The molecular weight excluding hydrogens is 182 g/mol. The molecule has 0 radical (unpaired) electrons. The predicted octanol–water partition coefficient (Wildman–Crippen LogP) is -1.43. The third kappa shape index (κ3) is 2.76. The minimum Gasteiger partial charge on any atom is -0.364 e. The van der Waals surface area contributed by atoms with Gasteiger partial charge in [-0.2, -0.15) is 5.21 Å². The normalized spacial score (nSPS) is 9.14. The van der Waals surface area contributed by atoms with Crippen molar-refractivity contribution in [3.05, 3.63) is 18.2 Å². The molecule has 7 heteroatoms. The lowest BCUT2D eigenvalue weighted by Crippen LogP contribution is -2.36. The van der Waals surface area contributed by atoms with Crippen LogP contribution in [0.15, 0.2) is 12.4 Å². The summed E-state index contributed by atoms with van der Waals surface area (Å²) in [6.07, 6.45) is 5.08. The van der Waals surface area contributed by atoms with Gasteiger partial charge in [0.15, 0.2) is 5.82 Å². The van der Waals surface area contributed by atoms with Crippen molar-refractivity contribution in [2.75, 3.05) is 6.54 Å². The van der Waals surface area contributed by atoms with Gasteiger partial charge in [-0.1, -0.05) is 17.7 Å². The lowest BCUT2D eigenvalue weighted by atomic mass is 10.5. The van der Waals surface area contributed by atoms with Crippen LogP contribution >= 0.6 is 0 Å². The van der Waals surface area contributed by atoms with Crippen LogP contribution in [0, 0.1) is 12.3 Å². The van der Waals surface area contributed by atoms with E-state index in [9.17, 15) is 0 Å². The van der Waals surface area contributed by atoms with Gasteiger partial charge in [0.25, 0.3) is 0 Å². The summed E-state index contributed by atoms with van der Waals surface area (Å²) >= 11 is 0. The maximum atomic E-state index is 5.53. The monoisotopic (exact) mass is 193 g/mol. The van der Waals surface area contributed by atoms with Crippen molar-refractivity contribution in [3.8, 4) is 12.3 Å². The van der Waals surface area contributed by atoms with E-state index in [1.165, 1.54) is 5.01 Å². The number of hydrogen-bond acceptors (Lipinski definition) is 6. The summed E-state index contributed by atoms with van der Waals surface area (Å²) in [5.74, 6) is 8.96. The Bertz CT molecular complexity index is 322. The number of nitrogens with zero attached hydrogens (tertiary/aromatic N) is 4. The van der Waals surface area contributed by atoms with Crippen LogP contribution in [0.25, 0.3) is 0 Å². The maximum absolute atomic E-state index is 5.53. The van der Waals surface area contributed by atoms with E-state index in [2.05, 4.69) is 38.4 Å². The third-order valence-electron chi connectivity index (χ3n) is 1.45. The van der Waals surface area contributed by atoms with Crippen molar-refractivity contribution in [1.82, 2.24) is 30.9 Å². The van der Waals surface area contributed by atoms with E-state index in [-0.39, 0.29) is 6.54 Å². The molecule has 4 N–H and O–H groups in total. The Hall–Kier alpha value is -2.07. The van der Waals surface area contributed by atoms with Crippen LogP contribution in [-0.4, -0.2) is 32.2 Å². The fourth-order valence-electron chi connectivity index (χ4n) is 0.734. The van der Waals surface area contributed by atoms with Gasteiger partial charge in [-0.15, -0.1) is 16.6 Å². The fraction of sp³-hybridized carbons (Fsp3) is 0.286. The molecular formula is C7H11N7. The summed E-state index contributed by atoms with van der Waals surface area (Å²) in [5.41, 5.74) is 0. The van der Waals surface area contributed by atoms with E-state index < -0.39 is 0 Å². The number of rotatable bonds is 5. The first kappa shape index (κ1) is 10.0. The van der Waals surface area contributed by atoms with Crippen molar-refractivity contribution < 1.29 is 0 Å². The highest BCUT2D eigenvalue weighted by Gasteiger charge is 2.02. The Morgan fingerprint density at radius 1 is 1.79 bits per heavy atom. The number of tetrazole rings is 1. The molecule has 0 amide bonds. The van der Waals surface area contributed by atoms with E-state index in [1.807, 2.05) is 0 Å². The molecule has 1 heterocycles. The van der Waals surface area contributed by atoms with E-state index >= 15 is 0 Å². The zero-order valence-corrected chi connectivity index (χ0v) is 7.56. The number of nitrogens with two attached hydrogens (primary N) is 1. The Kier molecular flexibility index (Phi) is 3.46. The molecule has 74 valence electrons. The molecule has 0 saturated carbocycles. The Balaban J connectivity index is 2.32. The quantitative estimate of drug-likeness (QED) is 0.301. The molecule has 0 aliphatic rings. The number of aromatic amines is 1. The first-order valence-electron chi connectivity index (χ1n) is 3.85. The number of terminal acetylenes is 1. The first-order valence-corrected chi connectivity index (χ1v) is 3.85. The molecule has 0 fully saturated rings. The molecule has 0 atom stereocenters. The molecule has 14 heavy (non-hydrogen) atoms. The minimum absolute atomic E-state index is 0.290. The van der Waals surface area contributed by atoms with Gasteiger partial charge in [0, 0.05) is 0 Å². The molecule has 0 aliphatic carbocycles. The van der Waals surface area contributed by atoms with Crippen LogP contribution in [0.5, 0.6) is 0 Å². The second-order valence-corrected chi connectivity index (χ2v) is 2.46. The topological polar surface area (TPSA) is 95.7 Å². The van der Waals surface area contributed by atoms with Crippen LogP contribution < -0.4 is 11.2 Å². The molecule has 1 aromatic heterocycles. The second kappa shape index (κ2) is 4.84. The highest BCUT2D eigenvalue weighted by Crippen LogP contribution is 1.91. The molecule has 0 saturated heterocycles. The van der Waals surface area contributed by atoms with Gasteiger partial charge >= 0.3 is 0 Å². The van der Waals surface area contributed by atoms with Gasteiger partial charge in [0.1, 0.15) is 5.82 Å². The standard InChI is InChI=1S/C7H11N7/c1-3-4-14(8)6(2)9-5-7-10-12-13-11-7/h1,9H,2,4-5,8H2,(H,10,11,12,13). The van der Waals surface area contributed by atoms with Crippen LogP contribution in [0.1, 0.15) is 5.82 Å². The van der Waals surface area contributed by atoms with Crippen molar-refractivity contribution in [2.45, 2.75) is 6.54 Å². The molecule has 0 spiro atoms. The van der Waals surface area contributed by atoms with Crippen LogP contribution in [-0.2, 0) is 6.54 Å². The van der Waals surface area contributed by atoms with Crippen LogP contribution in [0.4, 0.5) is 0 Å². The number of H-pyrrole nitrogens is 1. The smallest absolute Gasteiger partial charge is 0.193 e. The van der Waals surface area contributed by atoms with Gasteiger partial charge in [-0.3, -0.25) is 5.01 Å². The SMILES string of the molecule is C#CCN(N)C(=C)NCc1nn[nH]n1. The van der Waals surface area contributed by atoms with Gasteiger partial charge in [0.05, 0.1) is 13.1 Å². The summed E-state index contributed by atoms with van der Waals surface area (Å²) in [4.78, 5) is 0. The Labute approximate surface area is 81.3 Å². The van der Waals surface area contributed by atoms with Gasteiger partial charge < -0.3 is 5.32 Å². The van der Waals surface area contributed by atoms with Crippen LogP contribution in [0.3, 0.4) is 0 Å². The fourth-order valence-corrected chi connectivity index (χ4v) is 0.734. The Morgan fingerprint density at radius 2 is 2.57 bits per heavy atom. The van der Waals surface area contributed by atoms with Crippen molar-refractivity contribution in [2.24, 2.45) is 5.84 Å². The molecule has 7 nitrogen and oxygen atoms in total. The largest absolute Gasteiger partial charge is 0.364 e. The summed E-state index contributed by atoms with van der Waals surface area (Å²) in [6, 6.07) is 0. The van der Waals surface area contributed by atoms with Crippen molar-refractivity contribution in [3.63, 3.8) is 0 Å². The highest BCUT2D eigenvalue weighted by molar-refractivity contribution is 4.97. The van der Waals surface area contributed by atoms with Crippen molar-refractivity contribution in [1.29, 1.82) is 0 Å². The van der Waals surface area contributed by atoms with Crippen molar-refractivity contribution >= 4 is 0 Å². The third-order valence-corrected chi connectivity index (χ3v) is 1.45. The summed E-state index contributed by atoms with van der Waals surface area (Å²) in [7, 11) is 0. The van der Waals surface area contributed by atoms with E-state index in [1.54, 1.807) is 0 Å². The number of hydrazine groups is 1. The molecule has 0 aromatic carbocycles. The Morgan fingerprint density at radius 3 is 3.14 bits per heavy atom. The number of nitrogens with one attached hydrogen (secondary N) is 2. The molecule has 0 aliphatic heterocycles. The minimum atomic E-state index is 0.290. The first-order chi connectivity index (χ1) is 6.74. The lowest BCUT2D eigenvalue weighted by Gasteiger charge is -2.18. The average molecular weight is 193 g/mol. The zero-order valence-electron chi connectivity index (χ0n) is 7.56. The van der Waals surface area contributed by atoms with E-state index in [4.69, 9.17) is 12.3 Å². The lowest BCUT2D eigenvalue weighted by molar-refractivity contribution is 0.370. The number of hydrogen-bond donors (Lipinski definition) is 3. The molecule has 0 bridgehead atoms. The van der Waals surface area contributed by atoms with E-state index in [0.717, 1.165) is 0 Å². The van der Waals surface area contributed by atoms with E-state index in [0.29, 0.717) is 18.2 Å². The second-order valence-electron chi connectivity index (χ2n) is 2.46. The summed E-state index contributed by atoms with van der Waals surface area (Å²) in [6.45, 7) is 4.37.